The number of esters is 1. The molecule has 0 aliphatic rings. The van der Waals surface area contributed by atoms with Crippen molar-refractivity contribution in [3.05, 3.63) is 58.4 Å². The highest BCUT2D eigenvalue weighted by Crippen LogP contribution is 2.32. The second-order valence-electron chi connectivity index (χ2n) is 5.20. The van der Waals surface area contributed by atoms with Gasteiger partial charge in [0.15, 0.2) is 5.78 Å². The molecule has 1 N–H and O–H groups in total. The number of hydrogen-bond acceptors (Lipinski definition) is 3. The van der Waals surface area contributed by atoms with Crippen LogP contribution in [-0.4, -0.2) is 23.8 Å². The minimum absolute atomic E-state index is 0.228. The molecular formula is C16H16ClNO3. The summed E-state index contributed by atoms with van der Waals surface area (Å²) in [5.74, 6) is -0.669. The lowest BCUT2D eigenvalue weighted by Crippen LogP contribution is -2.32. The zero-order valence-electron chi connectivity index (χ0n) is 12.1. The van der Waals surface area contributed by atoms with Crippen molar-refractivity contribution in [2.75, 3.05) is 7.11 Å². The van der Waals surface area contributed by atoms with Crippen molar-refractivity contribution >= 4 is 23.4 Å². The van der Waals surface area contributed by atoms with Gasteiger partial charge >= 0.3 is 5.97 Å². The van der Waals surface area contributed by atoms with E-state index in [-0.39, 0.29) is 10.8 Å². The zero-order chi connectivity index (χ0) is 15.6. The van der Waals surface area contributed by atoms with E-state index in [9.17, 15) is 9.59 Å². The summed E-state index contributed by atoms with van der Waals surface area (Å²) in [6, 6.07) is 8.80. The number of methoxy groups -OCH3 is 1. The fourth-order valence-electron chi connectivity index (χ4n) is 2.21. The van der Waals surface area contributed by atoms with Crippen LogP contribution >= 0.6 is 11.6 Å². The van der Waals surface area contributed by atoms with Crippen molar-refractivity contribution in [3.8, 4) is 0 Å². The minimum Gasteiger partial charge on any atom is -0.468 e. The molecule has 1 heterocycles. The molecule has 0 spiro atoms. The first-order chi connectivity index (χ1) is 9.89. The Bertz CT molecular complexity index is 674. The van der Waals surface area contributed by atoms with Crippen molar-refractivity contribution < 1.29 is 14.3 Å². The van der Waals surface area contributed by atoms with Crippen LogP contribution < -0.4 is 0 Å². The van der Waals surface area contributed by atoms with E-state index in [0.29, 0.717) is 16.8 Å². The van der Waals surface area contributed by atoms with Crippen molar-refractivity contribution in [1.29, 1.82) is 0 Å². The van der Waals surface area contributed by atoms with Gasteiger partial charge in [-0.2, -0.15) is 0 Å². The molecule has 5 heteroatoms. The van der Waals surface area contributed by atoms with Gasteiger partial charge in [0.1, 0.15) is 5.41 Å². The van der Waals surface area contributed by atoms with Gasteiger partial charge in [-0.05, 0) is 13.8 Å². The monoisotopic (exact) mass is 305 g/mol. The number of ketones is 1. The highest BCUT2D eigenvalue weighted by molar-refractivity contribution is 6.35. The van der Waals surface area contributed by atoms with E-state index < -0.39 is 11.4 Å². The predicted octanol–water partition coefficient (Wildman–Crippen LogP) is 3.35. The number of benzene rings is 1. The first-order valence-electron chi connectivity index (χ1n) is 6.45. The van der Waals surface area contributed by atoms with Gasteiger partial charge < -0.3 is 9.72 Å². The average molecular weight is 306 g/mol. The molecule has 0 aliphatic carbocycles. The van der Waals surface area contributed by atoms with Gasteiger partial charge in [-0.15, -0.1) is 0 Å². The molecule has 0 saturated carbocycles. The fourth-order valence-corrected chi connectivity index (χ4v) is 2.44. The van der Waals surface area contributed by atoms with Gasteiger partial charge in [0, 0.05) is 17.5 Å². The molecule has 4 nitrogen and oxygen atoms in total. The molecule has 0 radical (unpaired) electrons. The summed E-state index contributed by atoms with van der Waals surface area (Å²) >= 11 is 6.14. The normalized spacial score (nSPS) is 11.2. The molecule has 0 aliphatic heterocycles. The summed E-state index contributed by atoms with van der Waals surface area (Å²) in [6.45, 7) is 3.37. The van der Waals surface area contributed by atoms with Crippen molar-refractivity contribution in [3.63, 3.8) is 0 Å². The number of H-pyrrole nitrogens is 1. The van der Waals surface area contributed by atoms with Crippen LogP contribution in [0.3, 0.4) is 0 Å². The largest absolute Gasteiger partial charge is 0.468 e. The molecule has 2 rings (SSSR count). The maximum Gasteiger partial charge on any atom is 0.317 e. The van der Waals surface area contributed by atoms with Crippen LogP contribution in [0.25, 0.3) is 0 Å². The SMILES string of the molecule is COC(=O)C(C)(C)c1[nH]cc(Cl)c1C(=O)c1ccccc1. The lowest BCUT2D eigenvalue weighted by Gasteiger charge is -2.22. The van der Waals surface area contributed by atoms with Crippen LogP contribution in [0, 0.1) is 0 Å². The number of carbonyl (C=O) groups excluding carboxylic acids is 2. The Morgan fingerprint density at radius 3 is 2.38 bits per heavy atom. The number of rotatable bonds is 4. The number of halogens is 1. The molecule has 21 heavy (non-hydrogen) atoms. The van der Waals surface area contributed by atoms with E-state index in [2.05, 4.69) is 4.98 Å². The van der Waals surface area contributed by atoms with E-state index >= 15 is 0 Å². The Balaban J connectivity index is 2.54. The van der Waals surface area contributed by atoms with Gasteiger partial charge in [-0.1, -0.05) is 41.9 Å². The van der Waals surface area contributed by atoms with Crippen LogP contribution in [-0.2, 0) is 14.9 Å². The topological polar surface area (TPSA) is 59.2 Å². The molecule has 0 saturated heterocycles. The van der Waals surface area contributed by atoms with E-state index in [4.69, 9.17) is 16.3 Å². The third-order valence-corrected chi connectivity index (χ3v) is 3.71. The van der Waals surface area contributed by atoms with Gasteiger partial charge in [-0.3, -0.25) is 9.59 Å². The zero-order valence-corrected chi connectivity index (χ0v) is 12.8. The molecule has 110 valence electrons. The summed E-state index contributed by atoms with van der Waals surface area (Å²) in [4.78, 5) is 27.5. The molecule has 0 unspecified atom stereocenters. The van der Waals surface area contributed by atoms with E-state index in [0.717, 1.165) is 0 Å². The van der Waals surface area contributed by atoms with E-state index in [1.54, 1.807) is 38.1 Å². The summed E-state index contributed by atoms with van der Waals surface area (Å²) in [5, 5.41) is 0.288. The highest BCUT2D eigenvalue weighted by Gasteiger charge is 2.37. The Hall–Kier alpha value is -2.07. The third-order valence-electron chi connectivity index (χ3n) is 3.42. The van der Waals surface area contributed by atoms with Gasteiger partial charge in [0.05, 0.1) is 17.7 Å². The maximum absolute atomic E-state index is 12.7. The van der Waals surface area contributed by atoms with Crippen LogP contribution in [0.1, 0.15) is 35.5 Å². The Kier molecular flexibility index (Phi) is 4.19. The van der Waals surface area contributed by atoms with E-state index in [1.165, 1.54) is 13.3 Å². The first-order valence-corrected chi connectivity index (χ1v) is 6.83. The molecular weight excluding hydrogens is 290 g/mol. The van der Waals surface area contributed by atoms with Gasteiger partial charge in [0.2, 0.25) is 0 Å². The first kappa shape index (κ1) is 15.3. The molecule has 0 atom stereocenters. The maximum atomic E-state index is 12.7. The van der Waals surface area contributed by atoms with Gasteiger partial charge in [0.25, 0.3) is 0 Å². The second-order valence-corrected chi connectivity index (χ2v) is 5.61. The van der Waals surface area contributed by atoms with Crippen LogP contribution in [0.5, 0.6) is 0 Å². The predicted molar refractivity (Wildman–Crippen MR) is 80.7 cm³/mol. The average Bonchev–Trinajstić information content (AvgIpc) is 2.88. The molecule has 1 aromatic heterocycles. The standard InChI is InChI=1S/C16H16ClNO3/c1-16(2,15(20)21-3)14-12(11(17)9-18-14)13(19)10-7-5-4-6-8-10/h4-9,18H,1-3H3. The van der Waals surface area contributed by atoms with E-state index in [1.807, 2.05) is 6.07 Å². The lowest BCUT2D eigenvalue weighted by atomic mass is 9.85. The Labute approximate surface area is 128 Å². The number of carbonyl (C=O) groups is 2. The van der Waals surface area contributed by atoms with Crippen LogP contribution in [0.15, 0.2) is 36.5 Å². The Morgan fingerprint density at radius 2 is 1.81 bits per heavy atom. The van der Waals surface area contributed by atoms with Gasteiger partial charge in [-0.25, -0.2) is 0 Å². The highest BCUT2D eigenvalue weighted by atomic mass is 35.5. The summed E-state index contributed by atoms with van der Waals surface area (Å²) in [5.41, 5.74) is 0.272. The number of aromatic nitrogens is 1. The summed E-state index contributed by atoms with van der Waals surface area (Å²) < 4.78 is 4.81. The number of aromatic amines is 1. The smallest absolute Gasteiger partial charge is 0.317 e. The Morgan fingerprint density at radius 1 is 1.19 bits per heavy atom. The van der Waals surface area contributed by atoms with Crippen LogP contribution in [0.4, 0.5) is 0 Å². The number of hydrogen-bond donors (Lipinski definition) is 1. The van der Waals surface area contributed by atoms with Crippen molar-refractivity contribution in [2.24, 2.45) is 0 Å². The molecule has 0 amide bonds. The van der Waals surface area contributed by atoms with Crippen molar-refractivity contribution in [1.82, 2.24) is 4.98 Å². The molecule has 0 fully saturated rings. The summed E-state index contributed by atoms with van der Waals surface area (Å²) in [7, 11) is 1.31. The molecule has 2 aromatic rings. The van der Waals surface area contributed by atoms with Crippen molar-refractivity contribution in [2.45, 2.75) is 19.3 Å². The number of nitrogens with one attached hydrogen (secondary N) is 1. The fraction of sp³-hybridized carbons (Fsp3) is 0.250. The number of ether oxygens (including phenoxy) is 1. The second kappa shape index (κ2) is 5.74. The minimum atomic E-state index is -0.998. The lowest BCUT2D eigenvalue weighted by molar-refractivity contribution is -0.146. The summed E-state index contributed by atoms with van der Waals surface area (Å²) in [6.07, 6.45) is 1.51. The van der Waals surface area contributed by atoms with Crippen LogP contribution in [0.2, 0.25) is 5.02 Å². The third kappa shape index (κ3) is 2.72. The molecule has 0 bridgehead atoms. The molecule has 1 aromatic carbocycles. The quantitative estimate of drug-likeness (QED) is 0.696.